The van der Waals surface area contributed by atoms with Gasteiger partial charge in [-0.15, -0.1) is 0 Å². The van der Waals surface area contributed by atoms with Crippen LogP contribution >= 0.6 is 15.9 Å². The first-order valence-corrected chi connectivity index (χ1v) is 7.94. The Balaban J connectivity index is 3.22. The number of alkyl halides is 1. The number of sulfonamides is 1. The molecule has 1 aromatic carbocycles. The van der Waals surface area contributed by atoms with Gasteiger partial charge in [0.15, 0.2) is 4.90 Å². The summed E-state index contributed by atoms with van der Waals surface area (Å²) in [4.78, 5) is -1.17. The van der Waals surface area contributed by atoms with Crippen LogP contribution in [-0.4, -0.2) is 19.3 Å². The summed E-state index contributed by atoms with van der Waals surface area (Å²) in [5, 5.41) is 0.511. The van der Waals surface area contributed by atoms with E-state index in [9.17, 15) is 21.6 Å². The van der Waals surface area contributed by atoms with Crippen molar-refractivity contribution in [2.24, 2.45) is 0 Å². The predicted octanol–water partition coefficient (Wildman–Crippen LogP) is 2.95. The Kier molecular flexibility index (Phi) is 5.02. The fraction of sp³-hybridized carbons (Fsp3) is 0.455. The van der Waals surface area contributed by atoms with Gasteiger partial charge in [0, 0.05) is 23.0 Å². The molecule has 0 heterocycles. The van der Waals surface area contributed by atoms with Crippen molar-refractivity contribution in [1.82, 2.24) is 4.72 Å². The number of hydrogen-bond donors (Lipinski definition) is 1. The largest absolute Gasteiger partial charge is 0.246 e. The molecule has 19 heavy (non-hydrogen) atoms. The first kappa shape index (κ1) is 16.5. The molecule has 1 rings (SSSR count). The molecule has 108 valence electrons. The zero-order chi connectivity index (χ0) is 14.8. The van der Waals surface area contributed by atoms with Gasteiger partial charge in [-0.25, -0.2) is 26.3 Å². The van der Waals surface area contributed by atoms with Crippen molar-refractivity contribution in [3.8, 4) is 0 Å². The number of halogens is 4. The highest BCUT2D eigenvalue weighted by atomic mass is 79.9. The van der Waals surface area contributed by atoms with Crippen LogP contribution < -0.4 is 4.72 Å². The summed E-state index contributed by atoms with van der Waals surface area (Å²) >= 11 is 3.15. The second-order valence-corrected chi connectivity index (χ2v) is 7.04. The van der Waals surface area contributed by atoms with Crippen LogP contribution in [0.15, 0.2) is 17.0 Å². The molecule has 0 bridgehead atoms. The molecule has 0 unspecified atom stereocenters. The fourth-order valence-corrected chi connectivity index (χ4v) is 4.04. The van der Waals surface area contributed by atoms with Gasteiger partial charge in [-0.05, 0) is 20.3 Å². The molecule has 0 amide bonds. The van der Waals surface area contributed by atoms with E-state index in [1.54, 1.807) is 13.8 Å². The third-order valence-corrected chi connectivity index (χ3v) is 4.51. The summed E-state index contributed by atoms with van der Waals surface area (Å²) in [6, 6.07) is 0.657. The summed E-state index contributed by atoms with van der Waals surface area (Å²) in [5.74, 6) is -4.09. The summed E-state index contributed by atoms with van der Waals surface area (Å²) in [6.07, 6.45) is 0.413. The van der Waals surface area contributed by atoms with E-state index < -0.39 is 37.9 Å². The average Bonchev–Trinajstić information content (AvgIpc) is 2.11. The molecule has 0 fully saturated rings. The normalized spacial score (nSPS) is 12.7. The molecule has 1 aromatic rings. The van der Waals surface area contributed by atoms with Crippen LogP contribution in [0.5, 0.6) is 0 Å². The average molecular weight is 360 g/mol. The minimum Gasteiger partial charge on any atom is -0.207 e. The zero-order valence-electron chi connectivity index (χ0n) is 10.3. The quantitative estimate of drug-likeness (QED) is 0.821. The Morgan fingerprint density at radius 1 is 1.21 bits per heavy atom. The van der Waals surface area contributed by atoms with E-state index in [2.05, 4.69) is 20.7 Å². The van der Waals surface area contributed by atoms with Crippen molar-refractivity contribution in [3.05, 3.63) is 29.6 Å². The van der Waals surface area contributed by atoms with Gasteiger partial charge in [-0.1, -0.05) is 15.9 Å². The van der Waals surface area contributed by atoms with Crippen molar-refractivity contribution >= 4 is 26.0 Å². The zero-order valence-corrected chi connectivity index (χ0v) is 12.7. The Labute approximate surface area is 118 Å². The first-order valence-electron chi connectivity index (χ1n) is 5.33. The molecular weight excluding hydrogens is 347 g/mol. The maximum absolute atomic E-state index is 13.5. The molecule has 1 N–H and O–H groups in total. The van der Waals surface area contributed by atoms with Gasteiger partial charge in [-0.2, -0.15) is 0 Å². The van der Waals surface area contributed by atoms with Crippen LogP contribution in [0.1, 0.15) is 20.3 Å². The Bertz CT molecular complexity index is 552. The van der Waals surface area contributed by atoms with Gasteiger partial charge in [0.05, 0.1) is 0 Å². The molecule has 0 aromatic heterocycles. The molecule has 0 saturated heterocycles. The molecule has 0 aliphatic heterocycles. The third-order valence-electron chi connectivity index (χ3n) is 2.36. The maximum atomic E-state index is 13.5. The van der Waals surface area contributed by atoms with Crippen LogP contribution in [0, 0.1) is 17.5 Å². The van der Waals surface area contributed by atoms with E-state index >= 15 is 0 Å². The minimum atomic E-state index is -4.41. The lowest BCUT2D eigenvalue weighted by Gasteiger charge is -2.25. The number of hydrogen-bond acceptors (Lipinski definition) is 2. The van der Waals surface area contributed by atoms with E-state index in [4.69, 9.17) is 0 Å². The van der Waals surface area contributed by atoms with Crippen LogP contribution in [0.4, 0.5) is 13.2 Å². The summed E-state index contributed by atoms with van der Waals surface area (Å²) in [5.41, 5.74) is -0.893. The van der Waals surface area contributed by atoms with E-state index in [-0.39, 0.29) is 0 Å². The predicted molar refractivity (Wildman–Crippen MR) is 69.1 cm³/mol. The lowest BCUT2D eigenvalue weighted by atomic mass is 10.0. The Morgan fingerprint density at radius 3 is 2.11 bits per heavy atom. The van der Waals surface area contributed by atoms with Gasteiger partial charge in [-0.3, -0.25) is 0 Å². The first-order chi connectivity index (χ1) is 8.59. The van der Waals surface area contributed by atoms with Crippen molar-refractivity contribution in [2.75, 3.05) is 5.33 Å². The lowest BCUT2D eigenvalue weighted by molar-refractivity contribution is 0.435. The smallest absolute Gasteiger partial charge is 0.207 e. The van der Waals surface area contributed by atoms with Crippen molar-refractivity contribution in [2.45, 2.75) is 30.7 Å². The maximum Gasteiger partial charge on any atom is 0.246 e. The second kappa shape index (κ2) is 5.80. The van der Waals surface area contributed by atoms with Crippen LogP contribution in [0.25, 0.3) is 0 Å². The third kappa shape index (κ3) is 4.19. The van der Waals surface area contributed by atoms with Crippen molar-refractivity contribution < 1.29 is 21.6 Å². The molecule has 8 heteroatoms. The van der Waals surface area contributed by atoms with Crippen LogP contribution in [-0.2, 0) is 10.0 Å². The van der Waals surface area contributed by atoms with E-state index in [1.807, 2.05) is 0 Å². The van der Waals surface area contributed by atoms with E-state index in [0.717, 1.165) is 0 Å². The molecule has 0 saturated carbocycles. The van der Waals surface area contributed by atoms with Crippen molar-refractivity contribution in [1.29, 1.82) is 0 Å². The van der Waals surface area contributed by atoms with Crippen LogP contribution in [0.3, 0.4) is 0 Å². The molecule has 0 aliphatic rings. The highest BCUT2D eigenvalue weighted by Gasteiger charge is 2.30. The number of rotatable bonds is 5. The monoisotopic (exact) mass is 359 g/mol. The molecule has 0 atom stereocenters. The van der Waals surface area contributed by atoms with Crippen LogP contribution in [0.2, 0.25) is 0 Å². The lowest BCUT2D eigenvalue weighted by Crippen LogP contribution is -2.44. The van der Waals surface area contributed by atoms with Gasteiger partial charge in [0.25, 0.3) is 0 Å². The Hall–Kier alpha value is -0.600. The molecule has 3 nitrogen and oxygen atoms in total. The SMILES string of the molecule is CC(C)(CCBr)NS(=O)(=O)c1c(F)cc(F)cc1F. The fourth-order valence-electron chi connectivity index (χ4n) is 1.49. The van der Waals surface area contributed by atoms with Gasteiger partial charge >= 0.3 is 0 Å². The molecule has 0 spiro atoms. The summed E-state index contributed by atoms with van der Waals surface area (Å²) < 4.78 is 65.8. The molecule has 0 aliphatic carbocycles. The van der Waals surface area contributed by atoms with E-state index in [1.165, 1.54) is 0 Å². The highest BCUT2D eigenvalue weighted by Crippen LogP contribution is 2.22. The van der Waals surface area contributed by atoms with Crippen molar-refractivity contribution in [3.63, 3.8) is 0 Å². The summed E-state index contributed by atoms with van der Waals surface area (Å²) in [7, 11) is -4.41. The minimum absolute atomic E-state index is 0.329. The van der Waals surface area contributed by atoms with Gasteiger partial charge in [0.2, 0.25) is 10.0 Å². The molecule has 0 radical (unpaired) electrons. The second-order valence-electron chi connectivity index (χ2n) is 4.63. The van der Waals surface area contributed by atoms with Gasteiger partial charge in [0.1, 0.15) is 17.5 Å². The molecular formula is C11H13BrF3NO2S. The number of nitrogens with one attached hydrogen (secondary N) is 1. The van der Waals surface area contributed by atoms with E-state index in [0.29, 0.717) is 23.9 Å². The highest BCUT2D eigenvalue weighted by molar-refractivity contribution is 9.09. The Morgan fingerprint density at radius 2 is 1.68 bits per heavy atom. The standard InChI is InChI=1S/C11H13BrF3NO2S/c1-11(2,3-4-12)16-19(17,18)10-8(14)5-7(13)6-9(10)15/h5-6,16H,3-4H2,1-2H3. The summed E-state index contributed by atoms with van der Waals surface area (Å²) in [6.45, 7) is 3.15. The topological polar surface area (TPSA) is 46.2 Å². The number of benzene rings is 1. The van der Waals surface area contributed by atoms with Gasteiger partial charge < -0.3 is 0 Å².